The number of primary sulfonamides is 1. The number of nitrogens with zero attached hydrogens (tertiary/aromatic N) is 4. The van der Waals surface area contributed by atoms with Crippen molar-refractivity contribution in [3.63, 3.8) is 0 Å². The molecule has 0 aliphatic carbocycles. The fourth-order valence-corrected chi connectivity index (χ4v) is 4.15. The molecule has 0 aliphatic rings. The van der Waals surface area contributed by atoms with E-state index >= 15 is 0 Å². The molecule has 0 radical (unpaired) electrons. The topological polar surface area (TPSA) is 148 Å². The number of aromatic nitrogens is 4. The smallest absolute Gasteiger partial charge is 0.229 e. The Kier molecular flexibility index (Phi) is 6.37. The first kappa shape index (κ1) is 22.1. The van der Waals surface area contributed by atoms with E-state index in [4.69, 9.17) is 5.14 Å². The maximum atomic E-state index is 11.6. The quantitative estimate of drug-likeness (QED) is 0.278. The van der Waals surface area contributed by atoms with E-state index in [0.717, 1.165) is 16.6 Å². The lowest BCUT2D eigenvalue weighted by Crippen LogP contribution is -2.15. The first-order chi connectivity index (χ1) is 15.3. The molecular formula is C20H20BrN7O3S. The van der Waals surface area contributed by atoms with Gasteiger partial charge >= 0.3 is 0 Å². The van der Waals surface area contributed by atoms with Crippen LogP contribution in [0, 0.1) is 0 Å². The van der Waals surface area contributed by atoms with Crippen LogP contribution < -0.4 is 15.8 Å². The second-order valence-electron chi connectivity index (χ2n) is 6.97. The van der Waals surface area contributed by atoms with Crippen LogP contribution in [0.2, 0.25) is 0 Å². The Bertz CT molecular complexity index is 1370. The average Bonchev–Trinajstić information content (AvgIpc) is 3.13. The molecule has 4 rings (SSSR count). The molecular weight excluding hydrogens is 498 g/mol. The summed E-state index contributed by atoms with van der Waals surface area (Å²) in [5.74, 6) is 0.494. The van der Waals surface area contributed by atoms with Gasteiger partial charge in [-0.2, -0.15) is 10.1 Å². The summed E-state index contributed by atoms with van der Waals surface area (Å²) in [6, 6.07) is 12.7. The van der Waals surface area contributed by atoms with Gasteiger partial charge in [0.05, 0.1) is 35.1 Å². The molecule has 0 saturated heterocycles. The minimum atomic E-state index is -3.69. The molecule has 0 saturated carbocycles. The van der Waals surface area contributed by atoms with E-state index in [-0.39, 0.29) is 12.4 Å². The fourth-order valence-electron chi connectivity index (χ4n) is 3.18. The Balaban J connectivity index is 1.60. The second-order valence-corrected chi connectivity index (χ2v) is 9.44. The molecule has 0 bridgehead atoms. The number of anilines is 4. The third-order valence-electron chi connectivity index (χ3n) is 4.58. The maximum absolute atomic E-state index is 11.6. The summed E-state index contributed by atoms with van der Waals surface area (Å²) in [6.45, 7) is 0.389. The normalized spacial score (nSPS) is 11.6. The minimum Gasteiger partial charge on any atom is -0.394 e. The zero-order valence-corrected chi connectivity index (χ0v) is 19.1. The summed E-state index contributed by atoms with van der Waals surface area (Å²) >= 11 is 3.42. The summed E-state index contributed by atoms with van der Waals surface area (Å²) < 4.78 is 25.4. The number of benzene rings is 2. The van der Waals surface area contributed by atoms with Crippen LogP contribution in [0.25, 0.3) is 10.9 Å². The Labute approximate surface area is 192 Å². The highest BCUT2D eigenvalue weighted by Gasteiger charge is 2.13. The molecule has 2 heterocycles. The third-order valence-corrected chi connectivity index (χ3v) is 5.88. The van der Waals surface area contributed by atoms with Crippen LogP contribution in [-0.4, -0.2) is 39.9 Å². The molecule has 10 nitrogen and oxygen atoms in total. The van der Waals surface area contributed by atoms with Crippen LogP contribution in [-0.2, 0) is 22.3 Å². The van der Waals surface area contributed by atoms with E-state index in [1.165, 1.54) is 0 Å². The molecule has 0 fully saturated rings. The van der Waals surface area contributed by atoms with Crippen molar-refractivity contribution in [3.8, 4) is 0 Å². The van der Waals surface area contributed by atoms with Crippen LogP contribution in [0.3, 0.4) is 0 Å². The Morgan fingerprint density at radius 1 is 1.12 bits per heavy atom. The number of aliphatic hydroxyl groups excluding tert-OH is 1. The van der Waals surface area contributed by atoms with E-state index in [9.17, 15) is 13.5 Å². The standard InChI is InChI=1S/C20H20BrN7O3S/c21-16-11-23-20(25-15-6-5-13-10-24-28(7-8-29)18(13)9-15)27-19(16)26-17-4-2-1-3-14(17)12-32(22,30)31/h1-6,9-11,29H,7-8,12H2,(H2,22,30,31)(H2,23,25,26,27). The van der Waals surface area contributed by atoms with E-state index in [1.807, 2.05) is 18.2 Å². The van der Waals surface area contributed by atoms with Crippen LogP contribution >= 0.6 is 15.9 Å². The molecule has 4 aromatic rings. The lowest BCUT2D eigenvalue weighted by atomic mass is 10.2. The van der Waals surface area contributed by atoms with E-state index in [1.54, 1.807) is 41.3 Å². The number of nitrogens with one attached hydrogen (secondary N) is 2. The Hall–Kier alpha value is -3.06. The molecule has 0 unspecified atom stereocenters. The molecule has 0 amide bonds. The molecule has 32 heavy (non-hydrogen) atoms. The molecule has 2 aromatic heterocycles. The third kappa shape index (κ3) is 5.22. The molecule has 2 aromatic carbocycles. The Morgan fingerprint density at radius 3 is 2.72 bits per heavy atom. The summed E-state index contributed by atoms with van der Waals surface area (Å²) in [7, 11) is -3.69. The van der Waals surface area contributed by atoms with Gasteiger partial charge < -0.3 is 15.7 Å². The van der Waals surface area contributed by atoms with Crippen molar-refractivity contribution in [2.24, 2.45) is 5.14 Å². The molecule has 0 spiro atoms. The van der Waals surface area contributed by atoms with E-state index in [2.05, 4.69) is 41.6 Å². The van der Waals surface area contributed by atoms with Gasteiger partial charge in [0.15, 0.2) is 0 Å². The highest BCUT2D eigenvalue weighted by atomic mass is 79.9. The highest BCUT2D eigenvalue weighted by Crippen LogP contribution is 2.28. The predicted molar refractivity (Wildman–Crippen MR) is 126 cm³/mol. The largest absolute Gasteiger partial charge is 0.394 e. The minimum absolute atomic E-state index is 0.00772. The molecule has 0 atom stereocenters. The van der Waals surface area contributed by atoms with Gasteiger partial charge in [-0.1, -0.05) is 18.2 Å². The van der Waals surface area contributed by atoms with Gasteiger partial charge in [-0.15, -0.1) is 0 Å². The zero-order chi connectivity index (χ0) is 22.7. The molecule has 166 valence electrons. The van der Waals surface area contributed by atoms with E-state index < -0.39 is 10.0 Å². The van der Waals surface area contributed by atoms with Gasteiger partial charge in [0.2, 0.25) is 16.0 Å². The fraction of sp³-hybridized carbons (Fsp3) is 0.150. The number of fused-ring (bicyclic) bond motifs is 1. The molecule has 5 N–H and O–H groups in total. The highest BCUT2D eigenvalue weighted by molar-refractivity contribution is 9.10. The number of halogens is 1. The van der Waals surface area contributed by atoms with Crippen molar-refractivity contribution in [2.45, 2.75) is 12.3 Å². The number of nitrogens with two attached hydrogens (primary N) is 1. The first-order valence-electron chi connectivity index (χ1n) is 9.54. The van der Waals surface area contributed by atoms with Crippen molar-refractivity contribution in [1.29, 1.82) is 0 Å². The summed E-state index contributed by atoms with van der Waals surface area (Å²) in [4.78, 5) is 8.80. The number of para-hydroxylation sites is 1. The van der Waals surface area contributed by atoms with Crippen molar-refractivity contribution >= 4 is 60.0 Å². The lowest BCUT2D eigenvalue weighted by molar-refractivity contribution is 0.271. The van der Waals surface area contributed by atoms with Crippen LogP contribution in [0.5, 0.6) is 0 Å². The van der Waals surface area contributed by atoms with Gasteiger partial charge in [-0.05, 0) is 45.8 Å². The van der Waals surface area contributed by atoms with Crippen molar-refractivity contribution in [3.05, 3.63) is 64.9 Å². The first-order valence-corrected chi connectivity index (χ1v) is 12.0. The Morgan fingerprint density at radius 2 is 1.94 bits per heavy atom. The predicted octanol–water partition coefficient (Wildman–Crippen LogP) is 2.86. The number of hydrogen-bond donors (Lipinski definition) is 4. The monoisotopic (exact) mass is 517 g/mol. The lowest BCUT2D eigenvalue weighted by Gasteiger charge is -2.13. The molecule has 0 aliphatic heterocycles. The second kappa shape index (κ2) is 9.20. The van der Waals surface area contributed by atoms with Crippen molar-refractivity contribution < 1.29 is 13.5 Å². The van der Waals surface area contributed by atoms with Gasteiger partial charge in [-0.3, -0.25) is 4.68 Å². The van der Waals surface area contributed by atoms with Crippen LogP contribution in [0.1, 0.15) is 5.56 Å². The maximum Gasteiger partial charge on any atom is 0.229 e. The van der Waals surface area contributed by atoms with Gasteiger partial charge in [0.25, 0.3) is 0 Å². The number of sulfonamides is 1. The van der Waals surface area contributed by atoms with Crippen molar-refractivity contribution in [1.82, 2.24) is 19.7 Å². The van der Waals surface area contributed by atoms with Crippen LogP contribution in [0.4, 0.5) is 23.1 Å². The summed E-state index contributed by atoms with van der Waals surface area (Å²) in [6.07, 6.45) is 3.33. The number of hydrogen-bond acceptors (Lipinski definition) is 8. The van der Waals surface area contributed by atoms with Gasteiger partial charge in [0, 0.05) is 23.0 Å². The summed E-state index contributed by atoms with van der Waals surface area (Å²) in [5.41, 5.74) is 2.72. The zero-order valence-electron chi connectivity index (χ0n) is 16.7. The number of aliphatic hydroxyl groups is 1. The van der Waals surface area contributed by atoms with E-state index in [0.29, 0.717) is 34.0 Å². The number of rotatable bonds is 8. The van der Waals surface area contributed by atoms with Crippen LogP contribution in [0.15, 0.2) is 59.3 Å². The SMILES string of the molecule is NS(=O)(=O)Cc1ccccc1Nc1nc(Nc2ccc3cnn(CCO)c3c2)ncc1Br. The average molecular weight is 518 g/mol. The summed E-state index contributed by atoms with van der Waals surface area (Å²) in [5, 5.41) is 25.9. The van der Waals surface area contributed by atoms with Gasteiger partial charge in [0.1, 0.15) is 5.82 Å². The van der Waals surface area contributed by atoms with Crippen molar-refractivity contribution in [2.75, 3.05) is 17.2 Å². The molecule has 12 heteroatoms. The van der Waals surface area contributed by atoms with Gasteiger partial charge in [-0.25, -0.2) is 18.5 Å².